The van der Waals surface area contributed by atoms with E-state index in [1.807, 2.05) is 6.92 Å². The maximum absolute atomic E-state index is 13.5. The predicted octanol–water partition coefficient (Wildman–Crippen LogP) is 3.76. The van der Waals surface area contributed by atoms with Crippen LogP contribution in [0, 0.1) is 11.7 Å². The molecule has 0 unspecified atom stereocenters. The van der Waals surface area contributed by atoms with Gasteiger partial charge < -0.3 is 19.7 Å². The average Bonchev–Trinajstić information content (AvgIpc) is 3.26. The van der Waals surface area contributed by atoms with Crippen LogP contribution in [0.25, 0.3) is 22.4 Å². The van der Waals surface area contributed by atoms with E-state index in [4.69, 9.17) is 9.52 Å². The highest BCUT2D eigenvalue weighted by atomic mass is 32.2. The molecule has 1 saturated heterocycles. The number of carbonyl (C=O) groups excluding carboxylic acids is 1. The summed E-state index contributed by atoms with van der Waals surface area (Å²) in [4.78, 5) is 29.7. The fourth-order valence-electron chi connectivity index (χ4n) is 4.75. The summed E-state index contributed by atoms with van der Waals surface area (Å²) in [6, 6.07) is 7.26. The average molecular weight is 547 g/mol. The third-order valence-electron chi connectivity index (χ3n) is 6.88. The van der Waals surface area contributed by atoms with Gasteiger partial charge in [0, 0.05) is 32.2 Å². The van der Waals surface area contributed by atoms with Crippen LogP contribution in [-0.4, -0.2) is 62.1 Å². The molecule has 2 amide bonds. The third-order valence-corrected chi connectivity index (χ3v) is 8.18. The van der Waals surface area contributed by atoms with Crippen molar-refractivity contribution >= 4 is 33.1 Å². The molecule has 1 aromatic carbocycles. The fraction of sp³-hybridized carbons (Fsp3) is 0.423. The van der Waals surface area contributed by atoms with Crippen molar-refractivity contribution in [1.82, 2.24) is 19.9 Å². The van der Waals surface area contributed by atoms with Crippen LogP contribution < -0.4 is 10.0 Å². The van der Waals surface area contributed by atoms with Crippen LogP contribution in [0.15, 0.2) is 34.7 Å². The van der Waals surface area contributed by atoms with E-state index in [9.17, 15) is 22.4 Å². The molecule has 0 saturated carbocycles. The molecule has 1 aliphatic rings. The van der Waals surface area contributed by atoms with Gasteiger partial charge in [-0.3, -0.25) is 4.79 Å². The second kappa shape index (κ2) is 11.5. The Labute approximate surface area is 220 Å². The SMILES string of the molecule is CCc1cc2c(C(=O)NC)c(-c3ccc(F)cc3)oc2nc1CS(=O)(=O)NCCC1CCN(C(=O)O)CC1. The molecule has 10 nitrogen and oxygen atoms in total. The monoisotopic (exact) mass is 546 g/mol. The van der Waals surface area contributed by atoms with Gasteiger partial charge in [0.25, 0.3) is 5.91 Å². The van der Waals surface area contributed by atoms with Gasteiger partial charge in [0.05, 0.1) is 16.6 Å². The molecule has 2 aromatic heterocycles. The molecule has 3 heterocycles. The van der Waals surface area contributed by atoms with Gasteiger partial charge in [-0.25, -0.2) is 27.3 Å². The molecule has 12 heteroatoms. The molecule has 0 aliphatic carbocycles. The van der Waals surface area contributed by atoms with Gasteiger partial charge in [-0.1, -0.05) is 6.92 Å². The minimum absolute atomic E-state index is 0.121. The number of hydrogen-bond acceptors (Lipinski definition) is 6. The first-order valence-corrected chi connectivity index (χ1v) is 14.2. The van der Waals surface area contributed by atoms with E-state index in [1.54, 1.807) is 6.07 Å². The van der Waals surface area contributed by atoms with Crippen molar-refractivity contribution in [2.45, 2.75) is 38.4 Å². The smallest absolute Gasteiger partial charge is 0.407 e. The largest absolute Gasteiger partial charge is 0.465 e. The van der Waals surface area contributed by atoms with Crippen LogP contribution >= 0.6 is 0 Å². The van der Waals surface area contributed by atoms with Crippen molar-refractivity contribution in [2.24, 2.45) is 5.92 Å². The molecular formula is C26H31FN4O6S. The Bertz CT molecular complexity index is 1430. The van der Waals surface area contributed by atoms with Crippen molar-refractivity contribution in [3.63, 3.8) is 0 Å². The number of carboxylic acid groups (broad SMARTS) is 1. The number of aromatic nitrogens is 1. The third kappa shape index (κ3) is 6.13. The summed E-state index contributed by atoms with van der Waals surface area (Å²) < 4.78 is 47.8. The molecule has 38 heavy (non-hydrogen) atoms. The first-order valence-electron chi connectivity index (χ1n) is 12.5. The summed E-state index contributed by atoms with van der Waals surface area (Å²) in [6.07, 6.45) is 1.59. The summed E-state index contributed by atoms with van der Waals surface area (Å²) in [5, 5.41) is 12.1. The molecule has 1 aliphatic heterocycles. The van der Waals surface area contributed by atoms with Gasteiger partial charge in [-0.05, 0) is 67.5 Å². The van der Waals surface area contributed by atoms with Gasteiger partial charge >= 0.3 is 6.09 Å². The number of nitrogens with zero attached hydrogens (tertiary/aromatic N) is 2. The van der Waals surface area contributed by atoms with Crippen LogP contribution in [0.5, 0.6) is 0 Å². The Kier molecular flexibility index (Phi) is 8.32. The van der Waals surface area contributed by atoms with Crippen molar-refractivity contribution in [3.8, 4) is 11.3 Å². The van der Waals surface area contributed by atoms with Crippen molar-refractivity contribution in [1.29, 1.82) is 0 Å². The number of pyridine rings is 1. The van der Waals surface area contributed by atoms with Gasteiger partial charge in [-0.15, -0.1) is 0 Å². The lowest BCUT2D eigenvalue weighted by Crippen LogP contribution is -2.38. The molecule has 0 atom stereocenters. The molecule has 0 spiro atoms. The Morgan fingerprint density at radius 1 is 1.21 bits per heavy atom. The lowest BCUT2D eigenvalue weighted by atomic mass is 9.94. The number of carbonyl (C=O) groups is 2. The van der Waals surface area contributed by atoms with E-state index >= 15 is 0 Å². The zero-order valence-electron chi connectivity index (χ0n) is 21.3. The maximum atomic E-state index is 13.5. The van der Waals surface area contributed by atoms with E-state index in [0.29, 0.717) is 61.0 Å². The second-order valence-corrected chi connectivity index (χ2v) is 11.2. The second-order valence-electron chi connectivity index (χ2n) is 9.35. The number of likely N-dealkylation sites (tertiary alicyclic amines) is 1. The Balaban J connectivity index is 1.54. The number of benzene rings is 1. The van der Waals surface area contributed by atoms with Crippen molar-refractivity contribution in [3.05, 3.63) is 53.0 Å². The van der Waals surface area contributed by atoms with E-state index in [0.717, 1.165) is 0 Å². The summed E-state index contributed by atoms with van der Waals surface area (Å²) in [6.45, 7) is 3.03. The number of nitrogens with one attached hydrogen (secondary N) is 2. The van der Waals surface area contributed by atoms with Crippen molar-refractivity contribution in [2.75, 3.05) is 26.7 Å². The number of amides is 2. The van der Waals surface area contributed by atoms with Gasteiger partial charge in [-0.2, -0.15) is 0 Å². The molecule has 3 aromatic rings. The highest BCUT2D eigenvalue weighted by Crippen LogP contribution is 2.34. The van der Waals surface area contributed by atoms with Crippen LogP contribution in [0.2, 0.25) is 0 Å². The number of sulfonamides is 1. The van der Waals surface area contributed by atoms with Crippen LogP contribution in [0.1, 0.15) is 47.8 Å². The fourth-order valence-corrected chi connectivity index (χ4v) is 5.89. The number of hydrogen-bond donors (Lipinski definition) is 3. The molecule has 0 bridgehead atoms. The highest BCUT2D eigenvalue weighted by molar-refractivity contribution is 7.88. The van der Waals surface area contributed by atoms with E-state index in [2.05, 4.69) is 15.0 Å². The molecule has 204 valence electrons. The molecule has 3 N–H and O–H groups in total. The quantitative estimate of drug-likeness (QED) is 0.371. The van der Waals surface area contributed by atoms with Crippen molar-refractivity contribution < 1.29 is 31.9 Å². The number of furan rings is 1. The Morgan fingerprint density at radius 3 is 2.50 bits per heavy atom. The van der Waals surface area contributed by atoms with E-state index < -0.39 is 27.8 Å². The minimum Gasteiger partial charge on any atom is -0.465 e. The van der Waals surface area contributed by atoms with Gasteiger partial charge in [0.15, 0.2) is 0 Å². The van der Waals surface area contributed by atoms with E-state index in [-0.39, 0.29) is 35.3 Å². The Morgan fingerprint density at radius 2 is 1.89 bits per heavy atom. The topological polar surface area (TPSA) is 142 Å². The normalized spacial score (nSPS) is 14.7. The number of rotatable bonds is 9. The molecule has 0 radical (unpaired) electrons. The molecule has 1 fully saturated rings. The van der Waals surface area contributed by atoms with Gasteiger partial charge in [0.2, 0.25) is 15.7 Å². The molecular weight excluding hydrogens is 515 g/mol. The number of halogens is 1. The van der Waals surface area contributed by atoms with Crippen LogP contribution in [0.4, 0.5) is 9.18 Å². The Hall–Kier alpha value is -3.51. The lowest BCUT2D eigenvalue weighted by molar-refractivity contribution is 0.0964. The number of aryl methyl sites for hydroxylation is 1. The predicted molar refractivity (Wildman–Crippen MR) is 140 cm³/mol. The number of fused-ring (bicyclic) bond motifs is 1. The minimum atomic E-state index is -3.72. The number of piperidine rings is 1. The van der Waals surface area contributed by atoms with Gasteiger partial charge in [0.1, 0.15) is 17.3 Å². The lowest BCUT2D eigenvalue weighted by Gasteiger charge is -2.29. The zero-order valence-corrected chi connectivity index (χ0v) is 22.1. The summed E-state index contributed by atoms with van der Waals surface area (Å²) in [5.74, 6) is -0.705. The first-order chi connectivity index (χ1) is 18.1. The van der Waals surface area contributed by atoms with E-state index in [1.165, 1.54) is 36.2 Å². The first kappa shape index (κ1) is 27.5. The molecule has 4 rings (SSSR count). The van der Waals surface area contributed by atoms with Crippen LogP contribution in [-0.2, 0) is 22.2 Å². The zero-order chi connectivity index (χ0) is 27.4. The standard InChI is InChI=1S/C26H31FN4O6S/c1-3-17-14-20-22(24(32)28-2)23(18-4-6-19(27)7-5-18)37-25(20)30-21(17)15-38(35,36)29-11-8-16-9-12-31(13-10-16)26(33)34/h4-7,14,16,29H,3,8-13,15H2,1-2H3,(H,28,32)(H,33,34). The summed E-state index contributed by atoms with van der Waals surface area (Å²) in [5.41, 5.74) is 1.85. The van der Waals surface area contributed by atoms with Crippen LogP contribution in [0.3, 0.4) is 0 Å². The highest BCUT2D eigenvalue weighted by Gasteiger charge is 2.26. The maximum Gasteiger partial charge on any atom is 0.407 e. The summed E-state index contributed by atoms with van der Waals surface area (Å²) in [7, 11) is -2.23. The summed E-state index contributed by atoms with van der Waals surface area (Å²) >= 11 is 0.